The van der Waals surface area contributed by atoms with Crippen LogP contribution in [0.5, 0.6) is 0 Å². The summed E-state index contributed by atoms with van der Waals surface area (Å²) in [5.74, 6) is -0.167. The van der Waals surface area contributed by atoms with E-state index in [9.17, 15) is 14.9 Å². The standard InChI is InChI=1S/C15H13BrN2O3S/c16-14-13(11-3-1-2-4-12(11)22-14)15(19)17-9-5-7-10(8-6-9)18(20)21/h5-8H,1-4H2,(H,17,19). The molecule has 1 aliphatic carbocycles. The highest BCUT2D eigenvalue weighted by Crippen LogP contribution is 2.38. The highest BCUT2D eigenvalue weighted by molar-refractivity contribution is 9.11. The van der Waals surface area contributed by atoms with Gasteiger partial charge in [0.05, 0.1) is 14.3 Å². The average molecular weight is 381 g/mol. The van der Waals surface area contributed by atoms with E-state index in [0.717, 1.165) is 28.6 Å². The van der Waals surface area contributed by atoms with Crippen LogP contribution in [0.2, 0.25) is 0 Å². The number of thiophene rings is 1. The third-order valence-corrected chi connectivity index (χ3v) is 5.65. The number of nitro benzene ring substituents is 1. The molecule has 0 saturated carbocycles. The molecule has 0 saturated heterocycles. The number of fused-ring (bicyclic) bond motifs is 1. The molecule has 3 rings (SSSR count). The van der Waals surface area contributed by atoms with Gasteiger partial charge in [-0.2, -0.15) is 0 Å². The van der Waals surface area contributed by atoms with Crippen molar-refractivity contribution < 1.29 is 9.72 Å². The van der Waals surface area contributed by atoms with Gasteiger partial charge < -0.3 is 5.32 Å². The van der Waals surface area contributed by atoms with E-state index in [1.807, 2.05) is 0 Å². The third kappa shape index (κ3) is 2.91. The fourth-order valence-electron chi connectivity index (χ4n) is 2.62. The Balaban J connectivity index is 1.83. The van der Waals surface area contributed by atoms with E-state index in [1.54, 1.807) is 23.5 Å². The number of halogens is 1. The lowest BCUT2D eigenvalue weighted by Crippen LogP contribution is -2.15. The number of aryl methyl sites for hydroxylation is 1. The monoisotopic (exact) mass is 380 g/mol. The number of carbonyl (C=O) groups excluding carboxylic acids is 1. The van der Waals surface area contributed by atoms with Crippen LogP contribution in [0.4, 0.5) is 11.4 Å². The Bertz CT molecular complexity index is 740. The number of rotatable bonds is 3. The zero-order chi connectivity index (χ0) is 15.7. The number of hydrogen-bond donors (Lipinski definition) is 1. The molecule has 0 radical (unpaired) electrons. The van der Waals surface area contributed by atoms with Crippen LogP contribution in [0.25, 0.3) is 0 Å². The maximum absolute atomic E-state index is 12.5. The smallest absolute Gasteiger partial charge is 0.269 e. The molecule has 0 aliphatic heterocycles. The summed E-state index contributed by atoms with van der Waals surface area (Å²) in [7, 11) is 0. The summed E-state index contributed by atoms with van der Waals surface area (Å²) in [5, 5.41) is 13.5. The number of amides is 1. The molecule has 1 heterocycles. The van der Waals surface area contributed by atoms with Gasteiger partial charge in [0.1, 0.15) is 0 Å². The van der Waals surface area contributed by atoms with Gasteiger partial charge in [0.25, 0.3) is 11.6 Å². The van der Waals surface area contributed by atoms with E-state index in [1.165, 1.54) is 23.4 Å². The van der Waals surface area contributed by atoms with Crippen molar-refractivity contribution in [1.82, 2.24) is 0 Å². The van der Waals surface area contributed by atoms with Crippen LogP contribution in [0.1, 0.15) is 33.6 Å². The van der Waals surface area contributed by atoms with Crippen molar-refractivity contribution in [2.75, 3.05) is 5.32 Å². The van der Waals surface area contributed by atoms with Gasteiger partial charge in [0, 0.05) is 22.7 Å². The molecule has 0 atom stereocenters. The largest absolute Gasteiger partial charge is 0.322 e. The Morgan fingerprint density at radius 1 is 1.23 bits per heavy atom. The minimum Gasteiger partial charge on any atom is -0.322 e. The summed E-state index contributed by atoms with van der Waals surface area (Å²) in [4.78, 5) is 24.0. The van der Waals surface area contributed by atoms with Crippen LogP contribution < -0.4 is 5.32 Å². The molecule has 1 aromatic carbocycles. The van der Waals surface area contributed by atoms with Crippen molar-refractivity contribution in [3.63, 3.8) is 0 Å². The Labute approximate surface area is 139 Å². The average Bonchev–Trinajstić information content (AvgIpc) is 2.83. The lowest BCUT2D eigenvalue weighted by Gasteiger charge is -2.12. The number of benzene rings is 1. The Morgan fingerprint density at radius 2 is 1.91 bits per heavy atom. The van der Waals surface area contributed by atoms with E-state index in [-0.39, 0.29) is 11.6 Å². The summed E-state index contributed by atoms with van der Waals surface area (Å²) in [6, 6.07) is 5.85. The third-order valence-electron chi connectivity index (χ3n) is 3.69. The van der Waals surface area contributed by atoms with Crippen LogP contribution in [-0.4, -0.2) is 10.8 Å². The van der Waals surface area contributed by atoms with E-state index in [4.69, 9.17) is 0 Å². The van der Waals surface area contributed by atoms with Gasteiger partial charge in [-0.25, -0.2) is 0 Å². The van der Waals surface area contributed by atoms with Gasteiger partial charge in [0.2, 0.25) is 0 Å². The minimum absolute atomic E-state index is 0.00657. The van der Waals surface area contributed by atoms with Crippen LogP contribution in [-0.2, 0) is 12.8 Å². The fourth-order valence-corrected chi connectivity index (χ4v) is 4.73. The summed E-state index contributed by atoms with van der Waals surface area (Å²) in [6.45, 7) is 0. The fraction of sp³-hybridized carbons (Fsp3) is 0.267. The first-order valence-electron chi connectivity index (χ1n) is 6.92. The molecule has 22 heavy (non-hydrogen) atoms. The highest BCUT2D eigenvalue weighted by atomic mass is 79.9. The van der Waals surface area contributed by atoms with Crippen LogP contribution in [0.3, 0.4) is 0 Å². The lowest BCUT2D eigenvalue weighted by atomic mass is 9.95. The number of nitrogens with one attached hydrogen (secondary N) is 1. The van der Waals surface area contributed by atoms with E-state index < -0.39 is 4.92 Å². The number of hydrogen-bond acceptors (Lipinski definition) is 4. The molecule has 114 valence electrons. The van der Waals surface area contributed by atoms with Crippen molar-refractivity contribution in [1.29, 1.82) is 0 Å². The van der Waals surface area contributed by atoms with Crippen molar-refractivity contribution in [2.24, 2.45) is 0 Å². The summed E-state index contributed by atoms with van der Waals surface area (Å²) >= 11 is 5.12. The topological polar surface area (TPSA) is 72.2 Å². The second-order valence-corrected chi connectivity index (χ2v) is 7.54. The van der Waals surface area contributed by atoms with E-state index in [0.29, 0.717) is 11.3 Å². The van der Waals surface area contributed by atoms with Gasteiger partial charge in [-0.05, 0) is 59.3 Å². The lowest BCUT2D eigenvalue weighted by molar-refractivity contribution is -0.384. The molecule has 1 aromatic heterocycles. The Hall–Kier alpha value is -1.73. The van der Waals surface area contributed by atoms with Crippen LogP contribution in [0.15, 0.2) is 28.1 Å². The molecule has 1 N–H and O–H groups in total. The number of non-ortho nitro benzene ring substituents is 1. The maximum Gasteiger partial charge on any atom is 0.269 e. The molecular formula is C15H13BrN2O3S. The molecule has 7 heteroatoms. The molecular weight excluding hydrogens is 368 g/mol. The van der Waals surface area contributed by atoms with Gasteiger partial charge in [-0.15, -0.1) is 11.3 Å². The quantitative estimate of drug-likeness (QED) is 0.626. The number of anilines is 1. The molecule has 5 nitrogen and oxygen atoms in total. The first kappa shape index (κ1) is 15.2. The molecule has 1 aliphatic rings. The van der Waals surface area contributed by atoms with Gasteiger partial charge in [-0.3, -0.25) is 14.9 Å². The molecule has 2 aromatic rings. The van der Waals surface area contributed by atoms with Gasteiger partial charge in [-0.1, -0.05) is 0 Å². The predicted molar refractivity (Wildman–Crippen MR) is 89.7 cm³/mol. The first-order chi connectivity index (χ1) is 10.6. The Morgan fingerprint density at radius 3 is 2.59 bits per heavy atom. The molecule has 0 spiro atoms. The van der Waals surface area contributed by atoms with Crippen LogP contribution in [0, 0.1) is 10.1 Å². The summed E-state index contributed by atoms with van der Waals surface area (Å²) in [5.41, 5.74) is 2.41. The summed E-state index contributed by atoms with van der Waals surface area (Å²) < 4.78 is 0.860. The van der Waals surface area contributed by atoms with Crippen molar-refractivity contribution in [3.05, 3.63) is 54.2 Å². The maximum atomic E-state index is 12.5. The second-order valence-electron chi connectivity index (χ2n) is 5.12. The number of carbonyl (C=O) groups is 1. The number of nitro groups is 1. The number of nitrogens with zero attached hydrogens (tertiary/aromatic N) is 1. The summed E-state index contributed by atoms with van der Waals surface area (Å²) in [6.07, 6.45) is 4.24. The van der Waals surface area contributed by atoms with Crippen LogP contribution >= 0.6 is 27.3 Å². The predicted octanol–water partition coefficient (Wildman–Crippen LogP) is 4.55. The zero-order valence-corrected chi connectivity index (χ0v) is 14.0. The second kappa shape index (κ2) is 6.18. The molecule has 0 unspecified atom stereocenters. The Kier molecular flexibility index (Phi) is 4.26. The zero-order valence-electron chi connectivity index (χ0n) is 11.6. The molecule has 0 bridgehead atoms. The molecule has 1 amide bonds. The first-order valence-corrected chi connectivity index (χ1v) is 8.53. The van der Waals surface area contributed by atoms with Gasteiger partial charge >= 0.3 is 0 Å². The normalized spacial score (nSPS) is 13.5. The van der Waals surface area contributed by atoms with Crippen molar-refractivity contribution >= 4 is 44.5 Å². The highest BCUT2D eigenvalue weighted by Gasteiger charge is 2.24. The van der Waals surface area contributed by atoms with Gasteiger partial charge in [0.15, 0.2) is 0 Å². The molecule has 0 fully saturated rings. The minimum atomic E-state index is -0.461. The van der Waals surface area contributed by atoms with E-state index >= 15 is 0 Å². The van der Waals surface area contributed by atoms with Crippen molar-refractivity contribution in [3.8, 4) is 0 Å². The SMILES string of the molecule is O=C(Nc1ccc([N+](=O)[O-])cc1)c1c(Br)sc2c1CCCC2. The van der Waals surface area contributed by atoms with E-state index in [2.05, 4.69) is 21.2 Å². The van der Waals surface area contributed by atoms with Crippen molar-refractivity contribution in [2.45, 2.75) is 25.7 Å².